The highest BCUT2D eigenvalue weighted by Crippen LogP contribution is 2.32. The highest BCUT2D eigenvalue weighted by molar-refractivity contribution is 5.94. The van der Waals surface area contributed by atoms with E-state index >= 15 is 0 Å². The average molecular weight is 352 g/mol. The van der Waals surface area contributed by atoms with Crippen molar-refractivity contribution in [1.29, 1.82) is 0 Å². The van der Waals surface area contributed by atoms with Crippen LogP contribution in [-0.4, -0.2) is 25.5 Å². The maximum absolute atomic E-state index is 12.7. The number of carbonyl (C=O) groups is 1. The molecule has 4 nitrogen and oxygen atoms in total. The van der Waals surface area contributed by atoms with Crippen LogP contribution < -0.4 is 15.4 Å². The van der Waals surface area contributed by atoms with Crippen LogP contribution in [-0.2, 0) is 6.18 Å². The largest absolute Gasteiger partial charge is 0.457 e. The summed E-state index contributed by atoms with van der Waals surface area (Å²) in [6.07, 6.45) is -4.44. The van der Waals surface area contributed by atoms with Crippen molar-refractivity contribution in [2.45, 2.75) is 19.1 Å². The molecule has 0 aliphatic carbocycles. The normalized spacial score (nSPS) is 12.5. The Hall–Kier alpha value is -2.54. The molecule has 2 aromatic rings. The van der Waals surface area contributed by atoms with Crippen molar-refractivity contribution in [3.8, 4) is 11.5 Å². The van der Waals surface area contributed by atoms with Gasteiger partial charge in [-0.25, -0.2) is 0 Å². The molecule has 2 N–H and O–H groups in total. The molecule has 0 saturated carbocycles. The Kier molecular flexibility index (Phi) is 6.03. The first-order chi connectivity index (χ1) is 11.8. The van der Waals surface area contributed by atoms with Gasteiger partial charge in [0.15, 0.2) is 0 Å². The Morgan fingerprint density at radius 2 is 1.76 bits per heavy atom. The molecule has 0 aliphatic heterocycles. The van der Waals surface area contributed by atoms with Crippen LogP contribution in [0.2, 0.25) is 0 Å². The lowest BCUT2D eigenvalue weighted by atomic mass is 10.2. The molecule has 0 aromatic heterocycles. The van der Waals surface area contributed by atoms with Crippen LogP contribution in [0.5, 0.6) is 11.5 Å². The molecule has 0 heterocycles. The number of benzene rings is 2. The molecule has 1 atom stereocenters. The Labute approximate surface area is 144 Å². The minimum Gasteiger partial charge on any atom is -0.457 e. The van der Waals surface area contributed by atoms with E-state index in [9.17, 15) is 18.0 Å². The third-order valence-corrected chi connectivity index (χ3v) is 3.55. The summed E-state index contributed by atoms with van der Waals surface area (Å²) >= 11 is 0. The van der Waals surface area contributed by atoms with E-state index in [4.69, 9.17) is 4.74 Å². The quantitative estimate of drug-likeness (QED) is 0.831. The van der Waals surface area contributed by atoms with E-state index in [1.165, 1.54) is 18.2 Å². The van der Waals surface area contributed by atoms with E-state index in [2.05, 4.69) is 10.6 Å². The monoisotopic (exact) mass is 352 g/mol. The number of nitrogens with one attached hydrogen (secondary N) is 2. The molecule has 0 saturated heterocycles. The predicted octanol–water partition coefficient (Wildman–Crippen LogP) is 3.84. The molecule has 0 fully saturated rings. The van der Waals surface area contributed by atoms with Crippen LogP contribution >= 0.6 is 0 Å². The predicted molar refractivity (Wildman–Crippen MR) is 88.8 cm³/mol. The zero-order valence-electron chi connectivity index (χ0n) is 13.9. The number of rotatable bonds is 6. The second-order valence-corrected chi connectivity index (χ2v) is 5.56. The van der Waals surface area contributed by atoms with Gasteiger partial charge in [-0.15, -0.1) is 0 Å². The number of ether oxygens (including phenoxy) is 1. The number of alkyl halides is 3. The Morgan fingerprint density at radius 3 is 2.40 bits per heavy atom. The average Bonchev–Trinajstić information content (AvgIpc) is 2.59. The summed E-state index contributed by atoms with van der Waals surface area (Å²) < 4.78 is 43.7. The molecule has 0 spiro atoms. The van der Waals surface area contributed by atoms with Gasteiger partial charge in [-0.3, -0.25) is 4.79 Å². The van der Waals surface area contributed by atoms with Crippen LogP contribution in [0.15, 0.2) is 48.5 Å². The van der Waals surface area contributed by atoms with Crippen molar-refractivity contribution in [3.05, 3.63) is 59.7 Å². The molecule has 25 heavy (non-hydrogen) atoms. The van der Waals surface area contributed by atoms with Gasteiger partial charge in [-0.1, -0.05) is 12.1 Å². The molecular formula is C18H19F3N2O2. The number of likely N-dealkylation sites (N-methyl/N-ethyl adjacent to an activating group) is 1. The second kappa shape index (κ2) is 8.02. The third kappa shape index (κ3) is 5.49. The summed E-state index contributed by atoms with van der Waals surface area (Å²) in [5.41, 5.74) is -0.423. The standard InChI is InChI=1S/C18H19F3N2O2/c1-12(22-2)11-23-17(24)13-5-3-7-15(9-13)25-16-8-4-6-14(10-16)18(19,20)21/h3-10,12,22H,11H2,1-2H3,(H,23,24). The Balaban J connectivity index is 2.10. The number of halogens is 3. The fraction of sp³-hybridized carbons (Fsp3) is 0.278. The first-order valence-corrected chi connectivity index (χ1v) is 7.70. The summed E-state index contributed by atoms with van der Waals surface area (Å²) in [5.74, 6) is 0.0569. The van der Waals surface area contributed by atoms with E-state index in [0.29, 0.717) is 12.1 Å². The molecule has 2 rings (SSSR count). The molecule has 7 heteroatoms. The Morgan fingerprint density at radius 1 is 1.12 bits per heavy atom. The van der Waals surface area contributed by atoms with E-state index < -0.39 is 11.7 Å². The van der Waals surface area contributed by atoms with Gasteiger partial charge in [0, 0.05) is 18.2 Å². The number of hydrogen-bond donors (Lipinski definition) is 2. The van der Waals surface area contributed by atoms with Crippen LogP contribution in [0.25, 0.3) is 0 Å². The Bertz CT molecular complexity index is 732. The molecule has 1 unspecified atom stereocenters. The van der Waals surface area contributed by atoms with Gasteiger partial charge in [0.2, 0.25) is 0 Å². The van der Waals surface area contributed by atoms with Gasteiger partial charge in [0.05, 0.1) is 5.56 Å². The van der Waals surface area contributed by atoms with Crippen LogP contribution in [0.1, 0.15) is 22.8 Å². The first kappa shape index (κ1) is 18.8. The highest BCUT2D eigenvalue weighted by atomic mass is 19.4. The molecule has 0 aliphatic rings. The van der Waals surface area contributed by atoms with Crippen molar-refractivity contribution in [3.63, 3.8) is 0 Å². The topological polar surface area (TPSA) is 50.4 Å². The van der Waals surface area contributed by atoms with Crippen molar-refractivity contribution in [2.24, 2.45) is 0 Å². The van der Waals surface area contributed by atoms with Crippen molar-refractivity contribution in [1.82, 2.24) is 10.6 Å². The summed E-state index contributed by atoms with van der Waals surface area (Å²) in [5, 5.41) is 5.77. The van der Waals surface area contributed by atoms with Gasteiger partial charge in [-0.2, -0.15) is 13.2 Å². The molecule has 0 radical (unpaired) electrons. The lowest BCUT2D eigenvalue weighted by Crippen LogP contribution is -2.37. The van der Waals surface area contributed by atoms with Gasteiger partial charge in [-0.05, 0) is 50.4 Å². The second-order valence-electron chi connectivity index (χ2n) is 5.56. The number of carbonyl (C=O) groups excluding carboxylic acids is 1. The maximum atomic E-state index is 12.7. The van der Waals surface area contributed by atoms with E-state index in [-0.39, 0.29) is 23.4 Å². The van der Waals surface area contributed by atoms with Crippen LogP contribution in [0, 0.1) is 0 Å². The number of amides is 1. The third-order valence-electron chi connectivity index (χ3n) is 3.55. The van der Waals surface area contributed by atoms with Gasteiger partial charge in [0.1, 0.15) is 11.5 Å². The molecule has 0 bridgehead atoms. The minimum absolute atomic E-state index is 0.0520. The van der Waals surface area contributed by atoms with E-state index in [1.807, 2.05) is 6.92 Å². The van der Waals surface area contributed by atoms with Gasteiger partial charge >= 0.3 is 6.18 Å². The SMILES string of the molecule is CNC(C)CNC(=O)c1cccc(Oc2cccc(C(F)(F)F)c2)c1. The first-order valence-electron chi connectivity index (χ1n) is 7.70. The van der Waals surface area contributed by atoms with Crippen molar-refractivity contribution < 1.29 is 22.7 Å². The van der Waals surface area contributed by atoms with Gasteiger partial charge < -0.3 is 15.4 Å². The zero-order valence-corrected chi connectivity index (χ0v) is 13.9. The van der Waals surface area contributed by atoms with Crippen molar-refractivity contribution >= 4 is 5.91 Å². The fourth-order valence-electron chi connectivity index (χ4n) is 2.02. The van der Waals surface area contributed by atoms with Crippen LogP contribution in [0.3, 0.4) is 0 Å². The summed E-state index contributed by atoms with van der Waals surface area (Å²) in [6.45, 7) is 2.38. The smallest absolute Gasteiger partial charge is 0.416 e. The maximum Gasteiger partial charge on any atom is 0.416 e. The summed E-state index contributed by atoms with van der Waals surface area (Å²) in [4.78, 5) is 12.1. The molecular weight excluding hydrogens is 333 g/mol. The lowest BCUT2D eigenvalue weighted by molar-refractivity contribution is -0.137. The van der Waals surface area contributed by atoms with Crippen LogP contribution in [0.4, 0.5) is 13.2 Å². The summed E-state index contributed by atoms with van der Waals surface area (Å²) in [7, 11) is 1.79. The molecule has 1 amide bonds. The van der Waals surface area contributed by atoms with E-state index in [0.717, 1.165) is 12.1 Å². The minimum atomic E-state index is -4.44. The zero-order chi connectivity index (χ0) is 18.4. The number of hydrogen-bond acceptors (Lipinski definition) is 3. The fourth-order valence-corrected chi connectivity index (χ4v) is 2.02. The lowest BCUT2D eigenvalue weighted by Gasteiger charge is -2.12. The molecule has 134 valence electrons. The van der Waals surface area contributed by atoms with Gasteiger partial charge in [0.25, 0.3) is 5.91 Å². The van der Waals surface area contributed by atoms with E-state index in [1.54, 1.807) is 25.2 Å². The molecule has 2 aromatic carbocycles. The highest BCUT2D eigenvalue weighted by Gasteiger charge is 2.30. The van der Waals surface area contributed by atoms with Crippen molar-refractivity contribution in [2.75, 3.05) is 13.6 Å². The summed E-state index contributed by atoms with van der Waals surface area (Å²) in [6, 6.07) is 11.0.